The molecule has 1 heterocycles. The van der Waals surface area contributed by atoms with Gasteiger partial charge in [-0.2, -0.15) is 0 Å². The Morgan fingerprint density at radius 1 is 1.17 bits per heavy atom. The van der Waals surface area contributed by atoms with E-state index in [1.165, 1.54) is 0 Å². The molecule has 0 spiro atoms. The van der Waals surface area contributed by atoms with Gasteiger partial charge in [0.05, 0.1) is 0 Å². The zero-order valence-corrected chi connectivity index (χ0v) is 11.6. The number of carboxylic acid groups (broad SMARTS) is 1. The second-order valence-corrected chi connectivity index (χ2v) is 4.69. The summed E-state index contributed by atoms with van der Waals surface area (Å²) in [5.41, 5.74) is -0.361. The fourth-order valence-electron chi connectivity index (χ4n) is 1.23. The number of hydrogen-bond donors (Lipinski definition) is 1. The number of amides is 1. The molecule has 1 fully saturated rings. The molecule has 18 heavy (non-hydrogen) atoms. The standard InChI is InChI=1S/C9H17NO2.C2H4O2.C2H2/c1-9(2,3)12-8(11)10-6-4-5-7-10;1-2(3)4;1-2/h4-7H2,1-3H3;1H3,(H,3,4);1-2H. The lowest BCUT2D eigenvalue weighted by atomic mass is 10.2. The summed E-state index contributed by atoms with van der Waals surface area (Å²) >= 11 is 0. The lowest BCUT2D eigenvalue weighted by Crippen LogP contribution is -2.34. The van der Waals surface area contributed by atoms with Gasteiger partial charge in [-0.25, -0.2) is 4.79 Å². The lowest BCUT2D eigenvalue weighted by Gasteiger charge is -2.23. The Balaban J connectivity index is 0. The summed E-state index contributed by atoms with van der Waals surface area (Å²) in [6.07, 6.45) is 10.1. The number of carbonyl (C=O) groups is 2. The normalized spacial score (nSPS) is 13.6. The highest BCUT2D eigenvalue weighted by atomic mass is 16.6. The number of carboxylic acids is 1. The third kappa shape index (κ3) is 12.4. The molecule has 0 aromatic carbocycles. The van der Waals surface area contributed by atoms with Crippen molar-refractivity contribution < 1.29 is 19.4 Å². The SMILES string of the molecule is C#C.CC(=O)O.CC(C)(C)OC(=O)N1CCCC1. The average molecular weight is 257 g/mol. The Morgan fingerprint density at radius 2 is 1.50 bits per heavy atom. The molecule has 1 N–H and O–H groups in total. The number of terminal acetylenes is 1. The van der Waals surface area contributed by atoms with E-state index in [0.717, 1.165) is 32.9 Å². The van der Waals surface area contributed by atoms with Crippen molar-refractivity contribution in [1.82, 2.24) is 4.90 Å². The first-order valence-electron chi connectivity index (χ1n) is 5.73. The van der Waals surface area contributed by atoms with Crippen LogP contribution in [0.4, 0.5) is 4.79 Å². The fraction of sp³-hybridized carbons (Fsp3) is 0.692. The maximum Gasteiger partial charge on any atom is 0.410 e. The summed E-state index contributed by atoms with van der Waals surface area (Å²) in [6.45, 7) is 8.47. The van der Waals surface area contributed by atoms with Crippen molar-refractivity contribution in [3.63, 3.8) is 0 Å². The molecular formula is C13H23NO4. The maximum absolute atomic E-state index is 11.4. The number of aliphatic carboxylic acids is 1. The van der Waals surface area contributed by atoms with E-state index in [2.05, 4.69) is 12.8 Å². The van der Waals surface area contributed by atoms with Crippen molar-refractivity contribution in [2.24, 2.45) is 0 Å². The van der Waals surface area contributed by atoms with Gasteiger partial charge in [0.15, 0.2) is 0 Å². The predicted octanol–water partition coefficient (Wildman–Crippen LogP) is 2.36. The van der Waals surface area contributed by atoms with Crippen LogP contribution in [-0.2, 0) is 9.53 Å². The molecule has 104 valence electrons. The van der Waals surface area contributed by atoms with Crippen LogP contribution in [0.25, 0.3) is 0 Å². The molecule has 0 aromatic heterocycles. The van der Waals surface area contributed by atoms with Crippen molar-refractivity contribution in [2.75, 3.05) is 13.1 Å². The molecule has 1 amide bonds. The van der Waals surface area contributed by atoms with Crippen molar-refractivity contribution in [3.05, 3.63) is 0 Å². The van der Waals surface area contributed by atoms with Gasteiger partial charge in [0.2, 0.25) is 0 Å². The van der Waals surface area contributed by atoms with Gasteiger partial charge in [-0.3, -0.25) is 4.79 Å². The van der Waals surface area contributed by atoms with Crippen molar-refractivity contribution >= 4 is 12.1 Å². The molecule has 0 aromatic rings. The van der Waals surface area contributed by atoms with E-state index in [9.17, 15) is 4.79 Å². The van der Waals surface area contributed by atoms with Gasteiger partial charge < -0.3 is 14.7 Å². The number of ether oxygens (including phenoxy) is 1. The molecule has 0 bridgehead atoms. The molecule has 0 atom stereocenters. The van der Waals surface area contributed by atoms with Gasteiger partial charge in [-0.1, -0.05) is 0 Å². The number of hydrogen-bond acceptors (Lipinski definition) is 3. The van der Waals surface area contributed by atoms with Crippen LogP contribution in [-0.4, -0.2) is 40.8 Å². The second-order valence-electron chi connectivity index (χ2n) is 4.69. The topological polar surface area (TPSA) is 66.8 Å². The van der Waals surface area contributed by atoms with Crippen molar-refractivity contribution in [2.45, 2.75) is 46.1 Å². The molecule has 1 aliphatic rings. The van der Waals surface area contributed by atoms with Gasteiger partial charge in [0.25, 0.3) is 5.97 Å². The highest BCUT2D eigenvalue weighted by Gasteiger charge is 2.23. The third-order valence-corrected chi connectivity index (χ3v) is 1.76. The van der Waals surface area contributed by atoms with Crippen LogP contribution in [0.5, 0.6) is 0 Å². The second kappa shape index (κ2) is 9.34. The van der Waals surface area contributed by atoms with Crippen LogP contribution in [0.15, 0.2) is 0 Å². The van der Waals surface area contributed by atoms with Crippen LogP contribution in [0.3, 0.4) is 0 Å². The van der Waals surface area contributed by atoms with Gasteiger partial charge in [-0.05, 0) is 33.6 Å². The highest BCUT2D eigenvalue weighted by Crippen LogP contribution is 2.14. The zero-order chi connectivity index (χ0) is 14.8. The minimum Gasteiger partial charge on any atom is -0.481 e. The van der Waals surface area contributed by atoms with E-state index in [4.69, 9.17) is 14.6 Å². The molecule has 1 saturated heterocycles. The molecule has 5 nitrogen and oxygen atoms in total. The van der Waals surface area contributed by atoms with E-state index in [1.54, 1.807) is 4.90 Å². The quantitative estimate of drug-likeness (QED) is 0.676. The Hall–Kier alpha value is -1.70. The predicted molar refractivity (Wildman–Crippen MR) is 70.2 cm³/mol. The minimum absolute atomic E-state index is 0.167. The van der Waals surface area contributed by atoms with E-state index < -0.39 is 5.97 Å². The Bertz CT molecular complexity index is 268. The Labute approximate surface area is 109 Å². The van der Waals surface area contributed by atoms with Crippen LogP contribution in [0.1, 0.15) is 40.5 Å². The average Bonchev–Trinajstić information content (AvgIpc) is 2.69. The van der Waals surface area contributed by atoms with Gasteiger partial charge in [0.1, 0.15) is 5.60 Å². The number of likely N-dealkylation sites (tertiary alicyclic amines) is 1. The first-order valence-corrected chi connectivity index (χ1v) is 5.73. The summed E-state index contributed by atoms with van der Waals surface area (Å²) in [4.78, 5) is 22.1. The monoisotopic (exact) mass is 257 g/mol. The highest BCUT2D eigenvalue weighted by molar-refractivity contribution is 5.68. The summed E-state index contributed by atoms with van der Waals surface area (Å²) < 4.78 is 5.21. The molecule has 1 aliphatic heterocycles. The summed E-state index contributed by atoms with van der Waals surface area (Å²) in [7, 11) is 0. The minimum atomic E-state index is -0.833. The maximum atomic E-state index is 11.4. The molecule has 0 radical (unpaired) electrons. The molecule has 1 rings (SSSR count). The number of carbonyl (C=O) groups excluding carboxylic acids is 1. The molecule has 0 unspecified atom stereocenters. The van der Waals surface area contributed by atoms with Gasteiger partial charge in [-0.15, -0.1) is 12.8 Å². The van der Waals surface area contributed by atoms with E-state index in [-0.39, 0.29) is 11.7 Å². The first kappa shape index (κ1) is 18.7. The van der Waals surface area contributed by atoms with Crippen LogP contribution < -0.4 is 0 Å². The van der Waals surface area contributed by atoms with E-state index in [1.807, 2.05) is 20.8 Å². The molecule has 0 aliphatic carbocycles. The zero-order valence-electron chi connectivity index (χ0n) is 11.6. The summed E-state index contributed by atoms with van der Waals surface area (Å²) in [5.74, 6) is -0.833. The van der Waals surface area contributed by atoms with E-state index >= 15 is 0 Å². The van der Waals surface area contributed by atoms with Crippen LogP contribution in [0, 0.1) is 12.8 Å². The largest absolute Gasteiger partial charge is 0.481 e. The Kier molecular flexibility index (Phi) is 9.68. The molecule has 5 heteroatoms. The van der Waals surface area contributed by atoms with E-state index in [0.29, 0.717) is 0 Å². The molecule has 0 saturated carbocycles. The Morgan fingerprint density at radius 3 is 1.78 bits per heavy atom. The van der Waals surface area contributed by atoms with Gasteiger partial charge in [0, 0.05) is 20.0 Å². The first-order chi connectivity index (χ1) is 8.22. The lowest BCUT2D eigenvalue weighted by molar-refractivity contribution is -0.134. The van der Waals surface area contributed by atoms with Crippen LogP contribution >= 0.6 is 0 Å². The summed E-state index contributed by atoms with van der Waals surface area (Å²) in [5, 5.41) is 7.42. The van der Waals surface area contributed by atoms with Crippen LogP contribution in [0.2, 0.25) is 0 Å². The van der Waals surface area contributed by atoms with Crippen molar-refractivity contribution in [1.29, 1.82) is 0 Å². The smallest absolute Gasteiger partial charge is 0.410 e. The van der Waals surface area contributed by atoms with Crippen molar-refractivity contribution in [3.8, 4) is 12.8 Å². The number of rotatable bonds is 0. The van der Waals surface area contributed by atoms with Gasteiger partial charge >= 0.3 is 6.09 Å². The number of nitrogens with zero attached hydrogens (tertiary/aromatic N) is 1. The molecular weight excluding hydrogens is 234 g/mol. The third-order valence-electron chi connectivity index (χ3n) is 1.76. The fourth-order valence-corrected chi connectivity index (χ4v) is 1.23. The summed E-state index contributed by atoms with van der Waals surface area (Å²) in [6, 6.07) is 0.